The van der Waals surface area contributed by atoms with Gasteiger partial charge in [0, 0.05) is 56.8 Å². The molecule has 0 radical (unpaired) electrons. The number of halogens is 1. The normalized spacial score (nSPS) is 15.4. The highest BCUT2D eigenvalue weighted by Crippen LogP contribution is 2.25. The molecule has 0 aliphatic carbocycles. The highest BCUT2D eigenvalue weighted by molar-refractivity contribution is 7.89. The monoisotopic (exact) mass is 547 g/mol. The Morgan fingerprint density at radius 3 is 2.54 bits per heavy atom. The number of hydrazone groups is 1. The van der Waals surface area contributed by atoms with Gasteiger partial charge in [0.15, 0.2) is 6.29 Å². The first-order chi connectivity index (χ1) is 17.7. The minimum Gasteiger partial charge on any atom is -0.354 e. The molecule has 12 heteroatoms. The van der Waals surface area contributed by atoms with Crippen LogP contribution in [0.4, 0.5) is 0 Å². The van der Waals surface area contributed by atoms with Crippen molar-refractivity contribution in [3.8, 4) is 0 Å². The van der Waals surface area contributed by atoms with E-state index < -0.39 is 10.0 Å². The van der Waals surface area contributed by atoms with E-state index in [4.69, 9.17) is 21.1 Å². The van der Waals surface area contributed by atoms with E-state index in [9.17, 15) is 13.2 Å². The average Bonchev–Trinajstić information content (AvgIpc) is 3.32. The van der Waals surface area contributed by atoms with E-state index in [0.717, 1.165) is 11.1 Å². The number of aromatic amines is 1. The predicted molar refractivity (Wildman–Crippen MR) is 142 cm³/mol. The number of hydrogen-bond donors (Lipinski definition) is 1. The third kappa shape index (κ3) is 6.49. The molecule has 4 rings (SSSR count). The molecular weight excluding hydrogens is 518 g/mol. The summed E-state index contributed by atoms with van der Waals surface area (Å²) < 4.78 is 37.9. The van der Waals surface area contributed by atoms with Gasteiger partial charge in [0.1, 0.15) is 5.03 Å². The Morgan fingerprint density at radius 2 is 1.86 bits per heavy atom. The van der Waals surface area contributed by atoms with Crippen LogP contribution in [0.2, 0.25) is 5.02 Å². The number of nitrogens with zero attached hydrogens (tertiary/aromatic N) is 4. The van der Waals surface area contributed by atoms with Gasteiger partial charge >= 0.3 is 0 Å². The summed E-state index contributed by atoms with van der Waals surface area (Å²) in [5.74, 6) is -0.243. The van der Waals surface area contributed by atoms with E-state index >= 15 is 0 Å². The maximum Gasteiger partial charge on any atom is 0.259 e. The Balaban J connectivity index is 1.34. The van der Waals surface area contributed by atoms with Crippen molar-refractivity contribution in [2.24, 2.45) is 5.10 Å². The largest absolute Gasteiger partial charge is 0.354 e. The zero-order chi connectivity index (χ0) is 26.6. The van der Waals surface area contributed by atoms with Crippen LogP contribution in [-0.2, 0) is 30.8 Å². The molecule has 1 amide bonds. The quantitative estimate of drug-likeness (QED) is 0.238. The summed E-state index contributed by atoms with van der Waals surface area (Å²) in [4.78, 5) is 17.4. The number of carbonyl (C=O) groups is 1. The Morgan fingerprint density at radius 1 is 1.14 bits per heavy atom. The van der Waals surface area contributed by atoms with Gasteiger partial charge in [0.25, 0.3) is 10.0 Å². The minimum atomic E-state index is -3.84. The van der Waals surface area contributed by atoms with Crippen LogP contribution in [0.1, 0.15) is 11.1 Å². The number of carbonyl (C=O) groups excluding carboxylic acids is 1. The standard InChI is InChI=1S/C25H30ClN5O5S/c1-29(17-25(35-2)36-3)27-14-18-4-6-19(7-5-18)15-30-10-11-31(16-24(30)32)37(33,34)23-13-20-12-21(26)8-9-22(20)28-23/h4-9,12-14,25,28H,10-11,15-17H2,1-3H3/b27-14+. The van der Waals surface area contributed by atoms with Gasteiger partial charge in [0.05, 0.1) is 19.3 Å². The van der Waals surface area contributed by atoms with Crippen molar-refractivity contribution in [1.29, 1.82) is 0 Å². The molecule has 1 fully saturated rings. The number of likely N-dealkylation sites (N-methyl/N-ethyl adjacent to an activating group) is 1. The number of ether oxygens (including phenoxy) is 2. The topological polar surface area (TPSA) is 108 Å². The zero-order valence-electron chi connectivity index (χ0n) is 20.9. The van der Waals surface area contributed by atoms with Crippen molar-refractivity contribution < 1.29 is 22.7 Å². The number of aromatic nitrogens is 1. The van der Waals surface area contributed by atoms with Crippen LogP contribution in [-0.4, -0.2) is 93.5 Å². The maximum atomic E-state index is 13.2. The van der Waals surface area contributed by atoms with Crippen molar-refractivity contribution in [3.05, 3.63) is 64.7 Å². The molecule has 0 saturated carbocycles. The first-order valence-electron chi connectivity index (χ1n) is 11.7. The number of piperazine rings is 1. The Kier molecular flexibility index (Phi) is 8.50. The minimum absolute atomic E-state index is 0.0499. The highest BCUT2D eigenvalue weighted by atomic mass is 35.5. The van der Waals surface area contributed by atoms with Gasteiger partial charge in [0.2, 0.25) is 5.91 Å². The molecule has 0 atom stereocenters. The van der Waals surface area contributed by atoms with Crippen molar-refractivity contribution in [2.75, 3.05) is 47.4 Å². The molecular formula is C25H30ClN5O5S. The van der Waals surface area contributed by atoms with Crippen molar-refractivity contribution in [2.45, 2.75) is 17.9 Å². The summed E-state index contributed by atoms with van der Waals surface area (Å²) >= 11 is 6.02. The van der Waals surface area contributed by atoms with E-state index in [0.29, 0.717) is 35.6 Å². The summed E-state index contributed by atoms with van der Waals surface area (Å²) in [6, 6.07) is 14.4. The molecule has 1 aromatic heterocycles. The smallest absolute Gasteiger partial charge is 0.259 e. The van der Waals surface area contributed by atoms with Crippen molar-refractivity contribution in [3.63, 3.8) is 0 Å². The third-order valence-electron chi connectivity index (χ3n) is 6.16. The molecule has 0 unspecified atom stereocenters. The molecule has 1 N–H and O–H groups in total. The Hall–Kier alpha value is -2.96. The van der Waals surface area contributed by atoms with Gasteiger partial charge in [-0.25, -0.2) is 8.42 Å². The summed E-state index contributed by atoms with van der Waals surface area (Å²) in [6.45, 7) is 1.20. The average molecular weight is 548 g/mol. The molecule has 1 saturated heterocycles. The lowest BCUT2D eigenvalue weighted by Crippen LogP contribution is -2.51. The van der Waals surface area contributed by atoms with Crippen LogP contribution >= 0.6 is 11.6 Å². The molecule has 2 aromatic carbocycles. The summed E-state index contributed by atoms with van der Waals surface area (Å²) in [5.41, 5.74) is 2.52. The number of sulfonamides is 1. The van der Waals surface area contributed by atoms with E-state index in [1.165, 1.54) is 4.31 Å². The lowest BCUT2D eigenvalue weighted by Gasteiger charge is -2.33. The first-order valence-corrected chi connectivity index (χ1v) is 13.5. The van der Waals surface area contributed by atoms with Gasteiger partial charge in [-0.3, -0.25) is 9.80 Å². The lowest BCUT2D eigenvalue weighted by molar-refractivity contribution is -0.134. The first kappa shape index (κ1) is 27.1. The zero-order valence-corrected chi connectivity index (χ0v) is 22.5. The number of nitrogens with one attached hydrogen (secondary N) is 1. The second kappa shape index (κ2) is 11.6. The third-order valence-corrected chi connectivity index (χ3v) is 8.16. The number of H-pyrrole nitrogens is 1. The predicted octanol–water partition coefficient (Wildman–Crippen LogP) is 2.74. The number of fused-ring (bicyclic) bond motifs is 1. The van der Waals surface area contributed by atoms with Crippen LogP contribution in [0.15, 0.2) is 58.7 Å². The fourth-order valence-corrected chi connectivity index (χ4v) is 5.59. The number of rotatable bonds is 10. The van der Waals surface area contributed by atoms with Crippen LogP contribution in [0.5, 0.6) is 0 Å². The molecule has 0 bridgehead atoms. The second-order valence-electron chi connectivity index (χ2n) is 8.75. The van der Waals surface area contributed by atoms with Gasteiger partial charge in [-0.05, 0) is 35.4 Å². The maximum absolute atomic E-state index is 13.2. The summed E-state index contributed by atoms with van der Waals surface area (Å²) in [5, 5.41) is 7.37. The fourth-order valence-electron chi connectivity index (χ4n) is 4.02. The Bertz CT molecular complexity index is 1370. The summed E-state index contributed by atoms with van der Waals surface area (Å²) in [6.07, 6.45) is 1.37. The van der Waals surface area contributed by atoms with Gasteiger partial charge < -0.3 is 19.4 Å². The SMILES string of the molecule is COC(CN(C)/N=C/c1ccc(CN2CCN(S(=O)(=O)c3cc4cc(Cl)ccc4[nH]3)CC2=O)cc1)OC. The molecule has 198 valence electrons. The molecule has 37 heavy (non-hydrogen) atoms. The molecule has 3 aromatic rings. The van der Waals surface area contributed by atoms with E-state index in [-0.39, 0.29) is 30.3 Å². The van der Waals surface area contributed by atoms with E-state index in [2.05, 4.69) is 10.1 Å². The van der Waals surface area contributed by atoms with Gasteiger partial charge in [-0.15, -0.1) is 0 Å². The lowest BCUT2D eigenvalue weighted by atomic mass is 10.1. The molecule has 1 aliphatic heterocycles. The molecule has 0 spiro atoms. The number of hydrogen-bond acceptors (Lipinski definition) is 7. The van der Waals surface area contributed by atoms with Gasteiger partial charge in [-0.2, -0.15) is 9.41 Å². The summed E-state index contributed by atoms with van der Waals surface area (Å²) in [7, 11) is 1.14. The van der Waals surface area contributed by atoms with E-state index in [1.54, 1.807) is 54.6 Å². The van der Waals surface area contributed by atoms with Crippen molar-refractivity contribution in [1.82, 2.24) is 19.2 Å². The fraction of sp³-hybridized carbons (Fsp3) is 0.360. The van der Waals surface area contributed by atoms with Crippen LogP contribution in [0.25, 0.3) is 10.9 Å². The molecule has 10 nitrogen and oxygen atoms in total. The molecule has 1 aliphatic rings. The second-order valence-corrected chi connectivity index (χ2v) is 11.1. The van der Waals surface area contributed by atoms with Crippen LogP contribution < -0.4 is 0 Å². The number of methoxy groups -OCH3 is 2. The highest BCUT2D eigenvalue weighted by Gasteiger charge is 2.33. The number of amides is 1. The van der Waals surface area contributed by atoms with Crippen molar-refractivity contribution >= 4 is 44.6 Å². The van der Waals surface area contributed by atoms with Gasteiger partial charge in [-0.1, -0.05) is 35.9 Å². The van der Waals surface area contributed by atoms with E-state index in [1.807, 2.05) is 31.3 Å². The van der Waals surface area contributed by atoms with Crippen LogP contribution in [0, 0.1) is 0 Å². The Labute approximate surface area is 221 Å². The number of benzene rings is 2. The molecule has 2 heterocycles. The van der Waals surface area contributed by atoms with Crippen LogP contribution in [0.3, 0.4) is 0 Å².